The first-order valence-corrected chi connectivity index (χ1v) is 10.6. The van der Waals surface area contributed by atoms with Gasteiger partial charge in [0.15, 0.2) is 0 Å². The average molecular weight is 434 g/mol. The Morgan fingerprint density at radius 2 is 1.77 bits per heavy atom. The molecule has 2 aliphatic rings. The summed E-state index contributed by atoms with van der Waals surface area (Å²) in [6, 6.07) is 5.98. The largest absolute Gasteiger partial charge is 0.317 e. The van der Waals surface area contributed by atoms with Crippen LogP contribution in [0.25, 0.3) is 0 Å². The molecule has 0 unspecified atom stereocenters. The standard InChI is InChI=1S/C16H23IN2O2S/c17-13-5-6-15(12-7-9-18-10-8-12)16(11-13)22(20,21)19-14-3-1-2-4-14/h5-6,11-12,14,18-19H,1-4,7-10H2. The molecule has 2 N–H and O–H groups in total. The highest BCUT2D eigenvalue weighted by Crippen LogP contribution is 2.32. The molecule has 0 amide bonds. The SMILES string of the molecule is O=S(=O)(NC1CCCC1)c1cc(I)ccc1C1CCNCC1. The Balaban J connectivity index is 1.91. The van der Waals surface area contributed by atoms with Crippen molar-refractivity contribution in [3.05, 3.63) is 27.3 Å². The van der Waals surface area contributed by atoms with Crippen molar-refractivity contribution in [1.29, 1.82) is 0 Å². The highest BCUT2D eigenvalue weighted by atomic mass is 127. The molecule has 1 aliphatic heterocycles. The highest BCUT2D eigenvalue weighted by molar-refractivity contribution is 14.1. The molecule has 1 aromatic carbocycles. The van der Waals surface area contributed by atoms with Crippen LogP contribution in [0.4, 0.5) is 0 Å². The van der Waals surface area contributed by atoms with Gasteiger partial charge < -0.3 is 5.32 Å². The lowest BCUT2D eigenvalue weighted by atomic mass is 9.90. The number of benzene rings is 1. The zero-order chi connectivity index (χ0) is 15.6. The van der Waals surface area contributed by atoms with Crippen molar-refractivity contribution in [2.45, 2.75) is 55.4 Å². The molecule has 0 radical (unpaired) electrons. The lowest BCUT2D eigenvalue weighted by molar-refractivity contribution is 0.454. The van der Waals surface area contributed by atoms with Crippen LogP contribution in [-0.4, -0.2) is 27.5 Å². The molecule has 1 aliphatic carbocycles. The lowest BCUT2D eigenvalue weighted by Crippen LogP contribution is -2.34. The number of halogens is 1. The van der Waals surface area contributed by atoms with E-state index in [1.165, 1.54) is 0 Å². The van der Waals surface area contributed by atoms with Crippen molar-refractivity contribution in [3.8, 4) is 0 Å². The van der Waals surface area contributed by atoms with E-state index >= 15 is 0 Å². The molecule has 0 atom stereocenters. The van der Waals surface area contributed by atoms with Crippen molar-refractivity contribution >= 4 is 32.6 Å². The van der Waals surface area contributed by atoms with Crippen LogP contribution in [0, 0.1) is 3.57 Å². The maximum atomic E-state index is 12.9. The molecule has 1 saturated carbocycles. The van der Waals surface area contributed by atoms with Gasteiger partial charge >= 0.3 is 0 Å². The number of hydrogen-bond donors (Lipinski definition) is 2. The summed E-state index contributed by atoms with van der Waals surface area (Å²) >= 11 is 2.19. The predicted molar refractivity (Wildman–Crippen MR) is 96.6 cm³/mol. The summed E-state index contributed by atoms with van der Waals surface area (Å²) < 4.78 is 29.7. The smallest absolute Gasteiger partial charge is 0.241 e. The highest BCUT2D eigenvalue weighted by Gasteiger charge is 2.28. The molecule has 1 heterocycles. The fraction of sp³-hybridized carbons (Fsp3) is 0.625. The van der Waals surface area contributed by atoms with Crippen LogP contribution >= 0.6 is 22.6 Å². The normalized spacial score (nSPS) is 21.3. The predicted octanol–water partition coefficient (Wildman–Crippen LogP) is 2.98. The maximum absolute atomic E-state index is 12.9. The minimum atomic E-state index is -3.42. The summed E-state index contributed by atoms with van der Waals surface area (Å²) in [5.41, 5.74) is 0.993. The molecule has 1 saturated heterocycles. The molecule has 2 fully saturated rings. The third kappa shape index (κ3) is 3.83. The van der Waals surface area contributed by atoms with Crippen LogP contribution in [0.1, 0.15) is 50.0 Å². The van der Waals surface area contributed by atoms with Crippen LogP contribution in [0.2, 0.25) is 0 Å². The first-order valence-electron chi connectivity index (χ1n) is 8.09. The monoisotopic (exact) mass is 434 g/mol. The number of piperidine rings is 1. The molecular weight excluding hydrogens is 411 g/mol. The van der Waals surface area contributed by atoms with Gasteiger partial charge in [-0.1, -0.05) is 18.9 Å². The Bertz CT molecular complexity index is 621. The summed E-state index contributed by atoms with van der Waals surface area (Å²) in [6.45, 7) is 1.93. The summed E-state index contributed by atoms with van der Waals surface area (Å²) in [5.74, 6) is 0.341. The second-order valence-corrected chi connectivity index (χ2v) is 9.24. The molecule has 6 heteroatoms. The van der Waals surface area contributed by atoms with Crippen LogP contribution in [-0.2, 0) is 10.0 Å². The molecule has 0 bridgehead atoms. The van der Waals surface area contributed by atoms with Crippen LogP contribution in [0.3, 0.4) is 0 Å². The average Bonchev–Trinajstić information content (AvgIpc) is 3.00. The first kappa shape index (κ1) is 16.7. The van der Waals surface area contributed by atoms with E-state index in [-0.39, 0.29) is 6.04 Å². The van der Waals surface area contributed by atoms with Crippen LogP contribution in [0.5, 0.6) is 0 Å². The fourth-order valence-electron chi connectivity index (χ4n) is 3.54. The maximum Gasteiger partial charge on any atom is 0.241 e. The summed E-state index contributed by atoms with van der Waals surface area (Å²) in [4.78, 5) is 0.498. The Morgan fingerprint density at radius 3 is 2.45 bits per heavy atom. The molecule has 0 aromatic heterocycles. The van der Waals surface area contributed by atoms with Crippen LogP contribution in [0.15, 0.2) is 23.1 Å². The van der Waals surface area contributed by atoms with Gasteiger partial charge in [-0.2, -0.15) is 0 Å². The summed E-state index contributed by atoms with van der Waals surface area (Å²) in [5, 5.41) is 3.35. The third-order valence-corrected chi connectivity index (χ3v) is 6.97. The minimum absolute atomic E-state index is 0.115. The molecule has 0 spiro atoms. The van der Waals surface area contributed by atoms with Gasteiger partial charge in [0.1, 0.15) is 0 Å². The molecule has 3 rings (SSSR count). The van der Waals surface area contributed by atoms with Crippen molar-refractivity contribution in [2.75, 3.05) is 13.1 Å². The van der Waals surface area contributed by atoms with E-state index in [0.717, 1.165) is 60.7 Å². The Morgan fingerprint density at radius 1 is 1.09 bits per heavy atom. The topological polar surface area (TPSA) is 58.2 Å². The van der Waals surface area contributed by atoms with E-state index in [4.69, 9.17) is 0 Å². The van der Waals surface area contributed by atoms with Gasteiger partial charge in [-0.05, 0) is 85.0 Å². The quantitative estimate of drug-likeness (QED) is 0.717. The third-order valence-electron chi connectivity index (χ3n) is 4.72. The van der Waals surface area contributed by atoms with E-state index < -0.39 is 10.0 Å². The zero-order valence-corrected chi connectivity index (χ0v) is 15.6. The lowest BCUT2D eigenvalue weighted by Gasteiger charge is -2.25. The number of hydrogen-bond acceptors (Lipinski definition) is 3. The molecule has 4 nitrogen and oxygen atoms in total. The Hall–Kier alpha value is -0.180. The van der Waals surface area contributed by atoms with E-state index in [1.807, 2.05) is 18.2 Å². The molecule has 22 heavy (non-hydrogen) atoms. The van der Waals surface area contributed by atoms with Gasteiger partial charge in [0.05, 0.1) is 4.90 Å². The number of rotatable bonds is 4. The summed E-state index contributed by atoms with van der Waals surface area (Å²) in [6.07, 6.45) is 6.19. The fourth-order valence-corrected chi connectivity index (χ4v) is 5.87. The van der Waals surface area contributed by atoms with Crippen molar-refractivity contribution in [2.24, 2.45) is 0 Å². The molecule has 1 aromatic rings. The van der Waals surface area contributed by atoms with E-state index in [1.54, 1.807) is 0 Å². The Kier molecular flexibility index (Phi) is 5.42. The van der Waals surface area contributed by atoms with Crippen molar-refractivity contribution in [3.63, 3.8) is 0 Å². The first-order chi connectivity index (χ1) is 10.6. The van der Waals surface area contributed by atoms with Gasteiger partial charge in [-0.3, -0.25) is 0 Å². The van der Waals surface area contributed by atoms with Gasteiger partial charge in [0, 0.05) is 9.61 Å². The second kappa shape index (κ2) is 7.15. The Labute approximate surface area is 146 Å². The van der Waals surface area contributed by atoms with E-state index in [9.17, 15) is 8.42 Å². The van der Waals surface area contributed by atoms with Gasteiger partial charge in [0.25, 0.3) is 0 Å². The van der Waals surface area contributed by atoms with E-state index in [2.05, 4.69) is 32.6 Å². The van der Waals surface area contributed by atoms with Crippen LogP contribution < -0.4 is 10.0 Å². The van der Waals surface area contributed by atoms with Gasteiger partial charge in [0.2, 0.25) is 10.0 Å². The van der Waals surface area contributed by atoms with Crippen molar-refractivity contribution in [1.82, 2.24) is 10.0 Å². The minimum Gasteiger partial charge on any atom is -0.317 e. The van der Waals surface area contributed by atoms with Gasteiger partial charge in [-0.25, -0.2) is 13.1 Å². The number of sulfonamides is 1. The van der Waals surface area contributed by atoms with Crippen molar-refractivity contribution < 1.29 is 8.42 Å². The zero-order valence-electron chi connectivity index (χ0n) is 12.6. The molecular formula is C16H23IN2O2S. The van der Waals surface area contributed by atoms with E-state index in [0.29, 0.717) is 10.8 Å². The molecule has 122 valence electrons. The van der Waals surface area contributed by atoms with Gasteiger partial charge in [-0.15, -0.1) is 0 Å². The summed E-state index contributed by atoms with van der Waals surface area (Å²) in [7, 11) is -3.42. The second-order valence-electron chi connectivity index (χ2n) is 6.31. The number of nitrogens with one attached hydrogen (secondary N) is 2.